The molecule has 1 aromatic carbocycles. The van der Waals surface area contributed by atoms with E-state index >= 15 is 0 Å². The van der Waals surface area contributed by atoms with E-state index in [1.165, 1.54) is 0 Å². The first-order chi connectivity index (χ1) is 14.7. The Morgan fingerprint density at radius 2 is 2.03 bits per heavy atom. The number of carbonyl (C=O) groups excluding carboxylic acids is 1. The standard InChI is InChI=1S/C23H28N6O/c1-2-24-23(25-13-12-19-17-28-14-4-3-6-21(28)27-19)26-16-18-8-10-20(11-9-18)29-15-5-7-22(29)30/h3-4,6,8-11,14,17H,2,5,7,12-13,15-16H2,1H3,(H2,24,25,26). The number of imidazole rings is 1. The lowest BCUT2D eigenvalue weighted by atomic mass is 10.2. The largest absolute Gasteiger partial charge is 0.357 e. The summed E-state index contributed by atoms with van der Waals surface area (Å²) in [4.78, 5) is 23.1. The fourth-order valence-corrected chi connectivity index (χ4v) is 3.63. The molecule has 1 aliphatic heterocycles. The second kappa shape index (κ2) is 9.43. The third-order valence-corrected chi connectivity index (χ3v) is 5.17. The van der Waals surface area contributed by atoms with Gasteiger partial charge in [-0.05, 0) is 43.2 Å². The number of anilines is 1. The minimum atomic E-state index is 0.213. The van der Waals surface area contributed by atoms with Crippen molar-refractivity contribution in [3.63, 3.8) is 0 Å². The van der Waals surface area contributed by atoms with Crippen molar-refractivity contribution < 1.29 is 4.79 Å². The van der Waals surface area contributed by atoms with Crippen molar-refractivity contribution in [1.29, 1.82) is 0 Å². The van der Waals surface area contributed by atoms with E-state index in [1.807, 2.05) is 58.0 Å². The zero-order valence-electron chi connectivity index (χ0n) is 17.3. The molecule has 3 heterocycles. The molecule has 156 valence electrons. The summed E-state index contributed by atoms with van der Waals surface area (Å²) in [6.45, 7) is 5.01. The third-order valence-electron chi connectivity index (χ3n) is 5.17. The summed E-state index contributed by atoms with van der Waals surface area (Å²) in [7, 11) is 0. The van der Waals surface area contributed by atoms with E-state index in [2.05, 4.69) is 33.7 Å². The predicted octanol–water partition coefficient (Wildman–Crippen LogP) is 2.76. The van der Waals surface area contributed by atoms with Crippen LogP contribution < -0.4 is 15.5 Å². The maximum Gasteiger partial charge on any atom is 0.227 e. The molecule has 1 amide bonds. The molecule has 2 N–H and O–H groups in total. The van der Waals surface area contributed by atoms with Crippen LogP contribution in [0.3, 0.4) is 0 Å². The van der Waals surface area contributed by atoms with Gasteiger partial charge in [0.2, 0.25) is 5.91 Å². The average molecular weight is 405 g/mol. The number of rotatable bonds is 7. The topological polar surface area (TPSA) is 74.0 Å². The Balaban J connectivity index is 1.32. The Labute approximate surface area is 176 Å². The molecule has 0 aliphatic carbocycles. The first-order valence-electron chi connectivity index (χ1n) is 10.6. The van der Waals surface area contributed by atoms with Gasteiger partial charge in [0.15, 0.2) is 5.96 Å². The van der Waals surface area contributed by atoms with Crippen molar-refractivity contribution in [3.8, 4) is 0 Å². The lowest BCUT2D eigenvalue weighted by Gasteiger charge is -2.15. The number of benzene rings is 1. The highest BCUT2D eigenvalue weighted by molar-refractivity contribution is 5.95. The highest BCUT2D eigenvalue weighted by Crippen LogP contribution is 2.21. The number of hydrogen-bond donors (Lipinski definition) is 2. The van der Waals surface area contributed by atoms with Gasteiger partial charge in [0.25, 0.3) is 0 Å². The van der Waals surface area contributed by atoms with Crippen molar-refractivity contribution in [2.45, 2.75) is 32.7 Å². The van der Waals surface area contributed by atoms with Gasteiger partial charge in [-0.25, -0.2) is 9.98 Å². The normalized spacial score (nSPS) is 14.5. The van der Waals surface area contributed by atoms with E-state index in [0.717, 1.165) is 61.0 Å². The molecule has 4 rings (SSSR count). The Morgan fingerprint density at radius 1 is 1.17 bits per heavy atom. The summed E-state index contributed by atoms with van der Waals surface area (Å²) in [5.74, 6) is 1.00. The third kappa shape index (κ3) is 4.79. The van der Waals surface area contributed by atoms with Gasteiger partial charge in [0.05, 0.1) is 12.2 Å². The molecule has 0 atom stereocenters. The summed E-state index contributed by atoms with van der Waals surface area (Å²) < 4.78 is 2.04. The second-order valence-electron chi connectivity index (χ2n) is 7.39. The minimum absolute atomic E-state index is 0.213. The average Bonchev–Trinajstić information content (AvgIpc) is 3.38. The molecular formula is C23H28N6O. The molecule has 1 aliphatic rings. The number of nitrogens with zero attached hydrogens (tertiary/aromatic N) is 4. The molecular weight excluding hydrogens is 376 g/mol. The van der Waals surface area contributed by atoms with Crippen LogP contribution in [-0.4, -0.2) is 40.9 Å². The molecule has 0 unspecified atom stereocenters. The number of aliphatic imine (C=N–C) groups is 1. The first-order valence-corrected chi connectivity index (χ1v) is 10.6. The van der Waals surface area contributed by atoms with Crippen LogP contribution in [0, 0.1) is 0 Å². The van der Waals surface area contributed by atoms with E-state index < -0.39 is 0 Å². The van der Waals surface area contributed by atoms with Crippen LogP contribution in [0.2, 0.25) is 0 Å². The highest BCUT2D eigenvalue weighted by Gasteiger charge is 2.21. The maximum atomic E-state index is 11.9. The number of hydrogen-bond acceptors (Lipinski definition) is 3. The second-order valence-corrected chi connectivity index (χ2v) is 7.39. The molecule has 30 heavy (non-hydrogen) atoms. The van der Waals surface area contributed by atoms with Crippen molar-refractivity contribution in [3.05, 3.63) is 66.1 Å². The van der Waals surface area contributed by atoms with E-state index in [9.17, 15) is 4.79 Å². The van der Waals surface area contributed by atoms with Gasteiger partial charge >= 0.3 is 0 Å². The number of aromatic nitrogens is 2. The van der Waals surface area contributed by atoms with Gasteiger partial charge in [-0.3, -0.25) is 4.79 Å². The molecule has 7 heteroatoms. The number of fused-ring (bicyclic) bond motifs is 1. The molecule has 1 saturated heterocycles. The predicted molar refractivity (Wildman–Crippen MR) is 120 cm³/mol. The monoisotopic (exact) mass is 404 g/mol. The molecule has 0 radical (unpaired) electrons. The smallest absolute Gasteiger partial charge is 0.227 e. The summed E-state index contributed by atoms with van der Waals surface area (Å²) in [6.07, 6.45) is 6.49. The fourth-order valence-electron chi connectivity index (χ4n) is 3.63. The van der Waals surface area contributed by atoms with Gasteiger partial charge in [-0.15, -0.1) is 0 Å². The fraction of sp³-hybridized carbons (Fsp3) is 0.348. The van der Waals surface area contributed by atoms with Crippen molar-refractivity contribution >= 4 is 23.2 Å². The van der Waals surface area contributed by atoms with Gasteiger partial charge < -0.3 is 19.9 Å². The number of pyridine rings is 1. The van der Waals surface area contributed by atoms with Crippen molar-refractivity contribution in [2.24, 2.45) is 4.99 Å². The molecule has 0 spiro atoms. The van der Waals surface area contributed by atoms with Crippen LogP contribution in [-0.2, 0) is 17.8 Å². The van der Waals surface area contributed by atoms with Crippen LogP contribution in [0.5, 0.6) is 0 Å². The summed E-state index contributed by atoms with van der Waals surface area (Å²) >= 11 is 0. The zero-order chi connectivity index (χ0) is 20.8. The molecule has 1 fully saturated rings. The number of amides is 1. The number of nitrogens with one attached hydrogen (secondary N) is 2. The quantitative estimate of drug-likeness (QED) is 0.469. The van der Waals surface area contributed by atoms with Crippen molar-refractivity contribution in [1.82, 2.24) is 20.0 Å². The highest BCUT2D eigenvalue weighted by atomic mass is 16.2. The molecule has 0 saturated carbocycles. The summed E-state index contributed by atoms with van der Waals surface area (Å²) in [5.41, 5.74) is 4.11. The summed E-state index contributed by atoms with van der Waals surface area (Å²) in [6, 6.07) is 14.1. The SMILES string of the molecule is CCNC(=NCc1ccc(N2CCCC2=O)cc1)NCCc1cn2ccccc2n1. The van der Waals surface area contributed by atoms with Crippen LogP contribution >= 0.6 is 0 Å². The Hall–Kier alpha value is -3.35. The molecule has 0 bridgehead atoms. The van der Waals surface area contributed by atoms with E-state index in [4.69, 9.17) is 0 Å². The van der Waals surface area contributed by atoms with E-state index in [-0.39, 0.29) is 5.91 Å². The maximum absolute atomic E-state index is 11.9. The Bertz CT molecular complexity index is 991. The van der Waals surface area contributed by atoms with Gasteiger partial charge in [0, 0.05) is 50.6 Å². The van der Waals surface area contributed by atoms with Gasteiger partial charge in [-0.2, -0.15) is 0 Å². The lowest BCUT2D eigenvalue weighted by Crippen LogP contribution is -2.38. The number of carbonyl (C=O) groups is 1. The summed E-state index contributed by atoms with van der Waals surface area (Å²) in [5, 5.41) is 6.67. The van der Waals surface area contributed by atoms with E-state index in [1.54, 1.807) is 0 Å². The van der Waals surface area contributed by atoms with Crippen LogP contribution in [0.1, 0.15) is 31.0 Å². The lowest BCUT2D eigenvalue weighted by molar-refractivity contribution is -0.117. The van der Waals surface area contributed by atoms with Crippen LogP contribution in [0.4, 0.5) is 5.69 Å². The van der Waals surface area contributed by atoms with Gasteiger partial charge in [-0.1, -0.05) is 18.2 Å². The first kappa shape index (κ1) is 19.9. The van der Waals surface area contributed by atoms with Gasteiger partial charge in [0.1, 0.15) is 5.65 Å². The van der Waals surface area contributed by atoms with Crippen LogP contribution in [0.15, 0.2) is 59.9 Å². The molecule has 3 aromatic rings. The Kier molecular flexibility index (Phi) is 6.27. The molecule has 7 nitrogen and oxygen atoms in total. The number of guanidine groups is 1. The van der Waals surface area contributed by atoms with Crippen LogP contribution in [0.25, 0.3) is 5.65 Å². The van der Waals surface area contributed by atoms with E-state index in [0.29, 0.717) is 13.0 Å². The molecule has 2 aromatic heterocycles. The Morgan fingerprint density at radius 3 is 2.77 bits per heavy atom. The zero-order valence-corrected chi connectivity index (χ0v) is 17.3. The van der Waals surface area contributed by atoms with Crippen molar-refractivity contribution in [2.75, 3.05) is 24.5 Å². The minimum Gasteiger partial charge on any atom is -0.357 e.